The first kappa shape index (κ1) is 16.8. The fraction of sp³-hybridized carbons (Fsp3) is 1.00. The van der Waals surface area contributed by atoms with Crippen molar-refractivity contribution in [3.63, 3.8) is 0 Å². The molecule has 0 aromatic heterocycles. The van der Waals surface area contributed by atoms with Crippen LogP contribution in [0.15, 0.2) is 0 Å². The summed E-state index contributed by atoms with van der Waals surface area (Å²) < 4.78 is 35.0. The van der Waals surface area contributed by atoms with Gasteiger partial charge in [0.1, 0.15) is 0 Å². The molecule has 0 fully saturated rings. The van der Waals surface area contributed by atoms with Gasteiger partial charge in [-0.1, -0.05) is 6.92 Å². The van der Waals surface area contributed by atoms with Gasteiger partial charge in [-0.3, -0.25) is 0 Å². The average molecular weight is 269 g/mol. The van der Waals surface area contributed by atoms with Gasteiger partial charge in [0.15, 0.2) is 0 Å². The number of methoxy groups -OCH3 is 1. The zero-order valence-electron chi connectivity index (χ0n) is 10.6. The highest BCUT2D eigenvalue weighted by atomic mass is 32.2. The monoisotopic (exact) mass is 269 g/mol. The molecular formula is C10H23NO5S. The number of hydrogen-bond donors (Lipinski definition) is 1. The van der Waals surface area contributed by atoms with Crippen LogP contribution in [0, 0.1) is 0 Å². The van der Waals surface area contributed by atoms with E-state index in [0.717, 1.165) is 0 Å². The van der Waals surface area contributed by atoms with Crippen LogP contribution in [0.2, 0.25) is 0 Å². The molecule has 0 heterocycles. The summed E-state index contributed by atoms with van der Waals surface area (Å²) in [6, 6.07) is 0. The highest BCUT2D eigenvalue weighted by Crippen LogP contribution is 2.03. The molecule has 1 N–H and O–H groups in total. The third kappa shape index (κ3) is 7.67. The van der Waals surface area contributed by atoms with Crippen LogP contribution in [0.5, 0.6) is 0 Å². The molecule has 0 atom stereocenters. The van der Waals surface area contributed by atoms with Gasteiger partial charge in [0.2, 0.25) is 10.0 Å². The third-order valence-corrected chi connectivity index (χ3v) is 4.25. The van der Waals surface area contributed by atoms with Gasteiger partial charge in [-0.2, -0.15) is 4.31 Å². The molecular weight excluding hydrogens is 246 g/mol. The number of likely N-dealkylation sites (N-methyl/N-ethyl adjacent to an activating group) is 1. The van der Waals surface area contributed by atoms with Gasteiger partial charge in [-0.25, -0.2) is 8.42 Å². The van der Waals surface area contributed by atoms with Crippen LogP contribution in [0.4, 0.5) is 0 Å². The van der Waals surface area contributed by atoms with E-state index in [1.165, 1.54) is 4.31 Å². The minimum atomic E-state index is -3.22. The average Bonchev–Trinajstić information content (AvgIpc) is 2.29. The van der Waals surface area contributed by atoms with Crippen LogP contribution in [0.3, 0.4) is 0 Å². The molecule has 0 saturated carbocycles. The Balaban J connectivity index is 4.04. The zero-order chi connectivity index (χ0) is 13.1. The van der Waals surface area contributed by atoms with Crippen LogP contribution in [0.25, 0.3) is 0 Å². The van der Waals surface area contributed by atoms with E-state index in [2.05, 4.69) is 0 Å². The smallest absolute Gasteiger partial charge is 0.214 e. The molecule has 0 saturated heterocycles. The molecule has 0 aliphatic rings. The largest absolute Gasteiger partial charge is 0.394 e. The van der Waals surface area contributed by atoms with Gasteiger partial charge < -0.3 is 14.6 Å². The molecule has 0 amide bonds. The molecule has 0 radical (unpaired) electrons. The second-order valence-electron chi connectivity index (χ2n) is 3.49. The summed E-state index contributed by atoms with van der Waals surface area (Å²) in [5.41, 5.74) is 0. The molecule has 0 unspecified atom stereocenters. The van der Waals surface area contributed by atoms with E-state index in [-0.39, 0.29) is 19.0 Å². The Morgan fingerprint density at radius 3 is 2.47 bits per heavy atom. The maximum atomic E-state index is 11.9. The molecule has 104 valence electrons. The van der Waals surface area contributed by atoms with Gasteiger partial charge in [0, 0.05) is 26.8 Å². The quantitative estimate of drug-likeness (QED) is 0.520. The lowest BCUT2D eigenvalue weighted by molar-refractivity contribution is 0.0859. The summed E-state index contributed by atoms with van der Waals surface area (Å²) in [6.45, 7) is 3.48. The number of nitrogens with zero attached hydrogens (tertiary/aromatic N) is 1. The third-order valence-electron chi connectivity index (χ3n) is 2.22. The van der Waals surface area contributed by atoms with E-state index in [0.29, 0.717) is 32.7 Å². The first-order valence-corrected chi connectivity index (χ1v) is 7.34. The van der Waals surface area contributed by atoms with Crippen molar-refractivity contribution in [2.24, 2.45) is 0 Å². The number of hydrogen-bond acceptors (Lipinski definition) is 5. The normalized spacial score (nSPS) is 12.2. The number of aliphatic hydroxyl groups excluding tert-OH is 1. The van der Waals surface area contributed by atoms with E-state index in [4.69, 9.17) is 14.6 Å². The lowest BCUT2D eigenvalue weighted by Crippen LogP contribution is -2.36. The molecule has 0 rings (SSSR count). The molecule has 7 heteroatoms. The summed E-state index contributed by atoms with van der Waals surface area (Å²) >= 11 is 0. The molecule has 0 bridgehead atoms. The second kappa shape index (κ2) is 9.78. The lowest BCUT2D eigenvalue weighted by Gasteiger charge is -2.20. The highest BCUT2D eigenvalue weighted by Gasteiger charge is 2.19. The number of sulfonamides is 1. The van der Waals surface area contributed by atoms with Gasteiger partial charge in [-0.05, 0) is 6.42 Å². The van der Waals surface area contributed by atoms with E-state index in [1.807, 2.05) is 0 Å². The summed E-state index contributed by atoms with van der Waals surface area (Å²) in [4.78, 5) is 0. The van der Waals surface area contributed by atoms with Crippen molar-refractivity contribution in [2.45, 2.75) is 13.3 Å². The van der Waals surface area contributed by atoms with E-state index in [9.17, 15) is 8.42 Å². The Morgan fingerprint density at radius 2 is 1.94 bits per heavy atom. The number of rotatable bonds is 11. The molecule has 17 heavy (non-hydrogen) atoms. The van der Waals surface area contributed by atoms with E-state index in [1.54, 1.807) is 14.0 Å². The maximum Gasteiger partial charge on any atom is 0.214 e. The summed E-state index contributed by atoms with van der Waals surface area (Å²) in [5.74, 6) is 0.0919. The molecule has 6 nitrogen and oxygen atoms in total. The molecule has 0 aliphatic heterocycles. The maximum absolute atomic E-state index is 11.9. The van der Waals surface area contributed by atoms with Crippen molar-refractivity contribution in [1.82, 2.24) is 4.31 Å². The highest BCUT2D eigenvalue weighted by molar-refractivity contribution is 7.89. The van der Waals surface area contributed by atoms with Gasteiger partial charge in [0.25, 0.3) is 0 Å². The van der Waals surface area contributed by atoms with Crippen molar-refractivity contribution in [3.05, 3.63) is 0 Å². The Morgan fingerprint density at radius 1 is 1.24 bits per heavy atom. The van der Waals surface area contributed by atoms with Crippen molar-refractivity contribution in [2.75, 3.05) is 52.4 Å². The molecule has 0 aromatic rings. The van der Waals surface area contributed by atoms with Gasteiger partial charge in [0.05, 0.1) is 25.6 Å². The lowest BCUT2D eigenvalue weighted by atomic mass is 10.5. The predicted octanol–water partition coefficient (Wildman–Crippen LogP) is -0.316. The van der Waals surface area contributed by atoms with Crippen molar-refractivity contribution < 1.29 is 23.0 Å². The summed E-state index contributed by atoms with van der Waals surface area (Å²) in [6.07, 6.45) is 0.493. The first-order valence-electron chi connectivity index (χ1n) is 5.73. The van der Waals surface area contributed by atoms with Crippen LogP contribution in [0.1, 0.15) is 13.3 Å². The van der Waals surface area contributed by atoms with Crippen LogP contribution in [-0.4, -0.2) is 70.2 Å². The van der Waals surface area contributed by atoms with Crippen molar-refractivity contribution >= 4 is 10.0 Å². The van der Waals surface area contributed by atoms with Gasteiger partial charge in [-0.15, -0.1) is 0 Å². The Kier molecular flexibility index (Phi) is 9.66. The SMILES string of the molecule is CCN(CCOCCO)S(=O)(=O)CCCOC. The summed E-state index contributed by atoms with van der Waals surface area (Å²) in [7, 11) is -1.67. The Labute approximate surface area is 104 Å². The van der Waals surface area contributed by atoms with Gasteiger partial charge >= 0.3 is 0 Å². The Bertz CT molecular complexity index is 268. The van der Waals surface area contributed by atoms with Crippen LogP contribution in [-0.2, 0) is 19.5 Å². The van der Waals surface area contributed by atoms with Crippen molar-refractivity contribution in [1.29, 1.82) is 0 Å². The fourth-order valence-corrected chi connectivity index (χ4v) is 2.83. The number of ether oxygens (including phenoxy) is 2. The minimum absolute atomic E-state index is 0.0489. The van der Waals surface area contributed by atoms with Crippen molar-refractivity contribution in [3.8, 4) is 0 Å². The molecule has 0 aromatic carbocycles. The first-order chi connectivity index (χ1) is 8.08. The van der Waals surface area contributed by atoms with E-state index >= 15 is 0 Å². The van der Waals surface area contributed by atoms with Crippen LogP contribution >= 0.6 is 0 Å². The zero-order valence-corrected chi connectivity index (χ0v) is 11.4. The predicted molar refractivity (Wildman–Crippen MR) is 65.4 cm³/mol. The topological polar surface area (TPSA) is 76.1 Å². The van der Waals surface area contributed by atoms with Crippen LogP contribution < -0.4 is 0 Å². The van der Waals surface area contributed by atoms with E-state index < -0.39 is 10.0 Å². The Hall–Kier alpha value is -0.210. The molecule has 0 spiro atoms. The fourth-order valence-electron chi connectivity index (χ4n) is 1.34. The second-order valence-corrected chi connectivity index (χ2v) is 5.58. The molecule has 0 aliphatic carbocycles. The standard InChI is InChI=1S/C10H23NO5S/c1-3-11(5-8-16-9-6-12)17(13,14)10-4-7-15-2/h12H,3-10H2,1-2H3. The number of aliphatic hydroxyl groups is 1. The summed E-state index contributed by atoms with van der Waals surface area (Å²) in [5, 5.41) is 8.52. The minimum Gasteiger partial charge on any atom is -0.394 e.